The van der Waals surface area contributed by atoms with Crippen molar-refractivity contribution < 1.29 is 0 Å². The standard InChI is InChI=1S/C18H26N2/c1-2-14-7-9-16(10-8-14)19-12-11-15-13-20-18-6-4-3-5-17(15)18/h3-6,13-14,16,19-20H,2,7-12H2,1H3. The van der Waals surface area contributed by atoms with Gasteiger partial charge in [-0.2, -0.15) is 0 Å². The Labute approximate surface area is 122 Å². The van der Waals surface area contributed by atoms with Gasteiger partial charge in [-0.1, -0.05) is 31.5 Å². The van der Waals surface area contributed by atoms with Crippen LogP contribution in [0.3, 0.4) is 0 Å². The number of fused-ring (bicyclic) bond motifs is 1. The fraction of sp³-hybridized carbons (Fsp3) is 0.556. The molecule has 0 saturated heterocycles. The summed E-state index contributed by atoms with van der Waals surface area (Å²) in [6.07, 6.45) is 10.2. The third kappa shape index (κ3) is 3.06. The summed E-state index contributed by atoms with van der Waals surface area (Å²) < 4.78 is 0. The van der Waals surface area contributed by atoms with Crippen LogP contribution >= 0.6 is 0 Å². The number of aromatic amines is 1. The van der Waals surface area contributed by atoms with Crippen LogP contribution < -0.4 is 5.32 Å². The number of H-pyrrole nitrogens is 1. The molecular weight excluding hydrogens is 244 g/mol. The van der Waals surface area contributed by atoms with Crippen molar-refractivity contribution in [3.63, 3.8) is 0 Å². The molecule has 2 heteroatoms. The van der Waals surface area contributed by atoms with Crippen LogP contribution in [-0.2, 0) is 6.42 Å². The highest BCUT2D eigenvalue weighted by molar-refractivity contribution is 5.83. The van der Waals surface area contributed by atoms with E-state index in [1.807, 2.05) is 0 Å². The first kappa shape index (κ1) is 13.7. The van der Waals surface area contributed by atoms with Gasteiger partial charge in [0.05, 0.1) is 0 Å². The van der Waals surface area contributed by atoms with Crippen molar-refractivity contribution in [2.45, 2.75) is 51.5 Å². The van der Waals surface area contributed by atoms with Crippen molar-refractivity contribution in [2.75, 3.05) is 6.54 Å². The maximum atomic E-state index is 3.76. The average Bonchev–Trinajstić information content (AvgIpc) is 2.92. The number of hydrogen-bond donors (Lipinski definition) is 2. The van der Waals surface area contributed by atoms with Crippen LogP contribution in [0.4, 0.5) is 0 Å². The molecule has 0 spiro atoms. The number of para-hydroxylation sites is 1. The van der Waals surface area contributed by atoms with Gasteiger partial charge in [0.2, 0.25) is 0 Å². The molecule has 1 aromatic carbocycles. The van der Waals surface area contributed by atoms with E-state index >= 15 is 0 Å². The van der Waals surface area contributed by atoms with E-state index in [1.165, 1.54) is 48.6 Å². The molecule has 1 aliphatic carbocycles. The van der Waals surface area contributed by atoms with Crippen molar-refractivity contribution in [1.82, 2.24) is 10.3 Å². The highest BCUT2D eigenvalue weighted by Gasteiger charge is 2.19. The largest absolute Gasteiger partial charge is 0.361 e. The van der Waals surface area contributed by atoms with Crippen LogP contribution in [0.15, 0.2) is 30.5 Å². The lowest BCUT2D eigenvalue weighted by atomic mass is 9.84. The normalized spacial score (nSPS) is 23.2. The first-order valence-electron chi connectivity index (χ1n) is 8.15. The van der Waals surface area contributed by atoms with Crippen LogP contribution in [0.25, 0.3) is 10.9 Å². The molecule has 1 saturated carbocycles. The third-order valence-electron chi connectivity index (χ3n) is 4.93. The van der Waals surface area contributed by atoms with E-state index in [0.29, 0.717) is 0 Å². The molecule has 108 valence electrons. The fourth-order valence-electron chi connectivity index (χ4n) is 3.52. The molecule has 2 N–H and O–H groups in total. The summed E-state index contributed by atoms with van der Waals surface area (Å²) >= 11 is 0. The molecule has 1 aromatic heterocycles. The van der Waals surface area contributed by atoms with Gasteiger partial charge < -0.3 is 10.3 Å². The summed E-state index contributed by atoms with van der Waals surface area (Å²) in [6.45, 7) is 3.43. The van der Waals surface area contributed by atoms with Crippen LogP contribution in [-0.4, -0.2) is 17.6 Å². The second-order valence-electron chi connectivity index (χ2n) is 6.19. The molecule has 0 atom stereocenters. The zero-order valence-electron chi connectivity index (χ0n) is 12.5. The molecule has 3 rings (SSSR count). The Balaban J connectivity index is 1.48. The maximum absolute atomic E-state index is 3.76. The number of nitrogens with one attached hydrogen (secondary N) is 2. The van der Waals surface area contributed by atoms with E-state index in [0.717, 1.165) is 24.9 Å². The van der Waals surface area contributed by atoms with Crippen molar-refractivity contribution in [3.8, 4) is 0 Å². The van der Waals surface area contributed by atoms with Crippen molar-refractivity contribution in [3.05, 3.63) is 36.0 Å². The minimum Gasteiger partial charge on any atom is -0.361 e. The van der Waals surface area contributed by atoms with Crippen molar-refractivity contribution >= 4 is 10.9 Å². The highest BCUT2D eigenvalue weighted by Crippen LogP contribution is 2.26. The van der Waals surface area contributed by atoms with Gasteiger partial charge in [0.1, 0.15) is 0 Å². The van der Waals surface area contributed by atoms with Gasteiger partial charge >= 0.3 is 0 Å². The van der Waals surface area contributed by atoms with Gasteiger partial charge in [-0.25, -0.2) is 0 Å². The molecule has 0 unspecified atom stereocenters. The third-order valence-corrected chi connectivity index (χ3v) is 4.93. The van der Waals surface area contributed by atoms with E-state index < -0.39 is 0 Å². The Morgan fingerprint density at radius 3 is 2.75 bits per heavy atom. The Morgan fingerprint density at radius 2 is 1.95 bits per heavy atom. The minimum absolute atomic E-state index is 0.753. The van der Waals surface area contributed by atoms with Gasteiger partial charge in [-0.05, 0) is 56.2 Å². The Kier molecular flexibility index (Phi) is 4.41. The number of benzene rings is 1. The molecule has 1 aliphatic rings. The zero-order valence-corrected chi connectivity index (χ0v) is 12.5. The van der Waals surface area contributed by atoms with Crippen LogP contribution in [0.2, 0.25) is 0 Å². The summed E-state index contributed by atoms with van der Waals surface area (Å²) in [5.41, 5.74) is 2.70. The molecule has 0 radical (unpaired) electrons. The first-order valence-corrected chi connectivity index (χ1v) is 8.15. The van der Waals surface area contributed by atoms with Gasteiger partial charge in [-0.15, -0.1) is 0 Å². The maximum Gasteiger partial charge on any atom is 0.0456 e. The Morgan fingerprint density at radius 1 is 1.15 bits per heavy atom. The Hall–Kier alpha value is -1.28. The molecule has 0 aliphatic heterocycles. The van der Waals surface area contributed by atoms with E-state index in [1.54, 1.807) is 0 Å². The Bertz CT molecular complexity index is 535. The van der Waals surface area contributed by atoms with Gasteiger partial charge in [0, 0.05) is 23.1 Å². The van der Waals surface area contributed by atoms with Crippen molar-refractivity contribution in [2.24, 2.45) is 5.92 Å². The van der Waals surface area contributed by atoms with E-state index in [9.17, 15) is 0 Å². The van der Waals surface area contributed by atoms with E-state index in [2.05, 4.69) is 47.7 Å². The zero-order chi connectivity index (χ0) is 13.8. The first-order chi connectivity index (χ1) is 9.86. The minimum atomic E-state index is 0.753. The molecule has 0 bridgehead atoms. The van der Waals surface area contributed by atoms with Crippen LogP contribution in [0, 0.1) is 5.92 Å². The summed E-state index contributed by atoms with van der Waals surface area (Å²) in [6, 6.07) is 9.33. The topological polar surface area (TPSA) is 27.8 Å². The number of hydrogen-bond acceptors (Lipinski definition) is 1. The van der Waals surface area contributed by atoms with Crippen LogP contribution in [0.5, 0.6) is 0 Å². The van der Waals surface area contributed by atoms with E-state index in [4.69, 9.17) is 0 Å². The smallest absolute Gasteiger partial charge is 0.0456 e. The average molecular weight is 270 g/mol. The monoisotopic (exact) mass is 270 g/mol. The second-order valence-corrected chi connectivity index (χ2v) is 6.19. The SMILES string of the molecule is CCC1CCC(NCCc2c[nH]c3ccccc23)CC1. The lowest BCUT2D eigenvalue weighted by molar-refractivity contribution is 0.287. The lowest BCUT2D eigenvalue weighted by Gasteiger charge is -2.28. The number of aromatic nitrogens is 1. The quantitative estimate of drug-likeness (QED) is 0.834. The summed E-state index contributed by atoms with van der Waals surface area (Å²) in [5, 5.41) is 5.13. The molecule has 2 aromatic rings. The van der Waals surface area contributed by atoms with Gasteiger partial charge in [0.15, 0.2) is 0 Å². The fourth-order valence-corrected chi connectivity index (χ4v) is 3.52. The molecular formula is C18H26N2. The van der Waals surface area contributed by atoms with E-state index in [-0.39, 0.29) is 0 Å². The molecule has 20 heavy (non-hydrogen) atoms. The highest BCUT2D eigenvalue weighted by atomic mass is 14.9. The lowest BCUT2D eigenvalue weighted by Crippen LogP contribution is -2.34. The summed E-state index contributed by atoms with van der Waals surface area (Å²) in [4.78, 5) is 3.36. The molecule has 2 nitrogen and oxygen atoms in total. The molecule has 1 fully saturated rings. The molecule has 1 heterocycles. The van der Waals surface area contributed by atoms with Gasteiger partial charge in [0.25, 0.3) is 0 Å². The summed E-state index contributed by atoms with van der Waals surface area (Å²) in [7, 11) is 0. The van der Waals surface area contributed by atoms with Crippen molar-refractivity contribution in [1.29, 1.82) is 0 Å². The molecule has 0 amide bonds. The predicted octanol–water partition coefficient (Wildman–Crippen LogP) is 4.27. The number of rotatable bonds is 5. The van der Waals surface area contributed by atoms with Crippen LogP contribution in [0.1, 0.15) is 44.6 Å². The summed E-state index contributed by atoms with van der Waals surface area (Å²) in [5.74, 6) is 0.988. The predicted molar refractivity (Wildman–Crippen MR) is 86.0 cm³/mol. The second kappa shape index (κ2) is 6.45. The van der Waals surface area contributed by atoms with Gasteiger partial charge in [-0.3, -0.25) is 0 Å².